The van der Waals surface area contributed by atoms with Crippen molar-refractivity contribution in [3.63, 3.8) is 0 Å². The Morgan fingerprint density at radius 2 is 1.67 bits per heavy atom. The molecular formula is C10H19O2. The van der Waals surface area contributed by atoms with Gasteiger partial charge in [0.2, 0.25) is 0 Å². The molecule has 0 spiro atoms. The fraction of sp³-hybridized carbons (Fsp3) is 0.800. The molecule has 0 N–H and O–H groups in total. The number of ether oxygens (including phenoxy) is 1. The fourth-order valence-electron chi connectivity index (χ4n) is 1.42. The summed E-state index contributed by atoms with van der Waals surface area (Å²) in [5.74, 6) is -0.0856. The normalized spacial score (nSPS) is 11.3. The highest BCUT2D eigenvalue weighted by Crippen LogP contribution is 2.31. The number of rotatable bonds is 5. The highest BCUT2D eigenvalue weighted by molar-refractivity contribution is 5.76. The van der Waals surface area contributed by atoms with E-state index < -0.39 is 0 Å². The quantitative estimate of drug-likeness (QED) is 0.594. The number of esters is 1. The summed E-state index contributed by atoms with van der Waals surface area (Å²) in [5, 5.41) is 0. The number of hydrogen-bond acceptors (Lipinski definition) is 2. The third-order valence-corrected chi connectivity index (χ3v) is 2.69. The molecule has 0 amide bonds. The lowest BCUT2D eigenvalue weighted by molar-refractivity contribution is -0.152. The molecule has 0 saturated heterocycles. The maximum Gasteiger partial charge on any atom is 0.312 e. The Morgan fingerprint density at radius 1 is 1.25 bits per heavy atom. The van der Waals surface area contributed by atoms with E-state index in [2.05, 4.69) is 0 Å². The molecule has 0 atom stereocenters. The lowest BCUT2D eigenvalue weighted by atomic mass is 9.80. The molecule has 0 aromatic heterocycles. The van der Waals surface area contributed by atoms with Gasteiger partial charge in [-0.3, -0.25) is 4.79 Å². The van der Waals surface area contributed by atoms with Gasteiger partial charge in [-0.1, -0.05) is 20.8 Å². The summed E-state index contributed by atoms with van der Waals surface area (Å²) in [6.07, 6.45) is 2.56. The van der Waals surface area contributed by atoms with Crippen LogP contribution in [0.1, 0.15) is 47.0 Å². The largest absolute Gasteiger partial charge is 0.458 e. The van der Waals surface area contributed by atoms with Crippen LogP contribution in [0.2, 0.25) is 0 Å². The predicted molar refractivity (Wildman–Crippen MR) is 49.4 cm³/mol. The van der Waals surface area contributed by atoms with Crippen LogP contribution in [0.4, 0.5) is 0 Å². The van der Waals surface area contributed by atoms with Crippen molar-refractivity contribution >= 4 is 5.97 Å². The Labute approximate surface area is 75.3 Å². The molecule has 0 bridgehead atoms. The molecule has 0 unspecified atom stereocenters. The number of hydrogen-bond donors (Lipinski definition) is 0. The molecule has 2 nitrogen and oxygen atoms in total. The van der Waals surface area contributed by atoms with Crippen LogP contribution in [-0.4, -0.2) is 5.97 Å². The van der Waals surface area contributed by atoms with Crippen molar-refractivity contribution in [2.24, 2.45) is 5.41 Å². The van der Waals surface area contributed by atoms with Gasteiger partial charge in [-0.05, 0) is 26.2 Å². The van der Waals surface area contributed by atoms with E-state index >= 15 is 0 Å². The zero-order valence-electron chi connectivity index (χ0n) is 8.52. The molecule has 0 aliphatic carbocycles. The van der Waals surface area contributed by atoms with E-state index in [1.54, 1.807) is 6.92 Å². The summed E-state index contributed by atoms with van der Waals surface area (Å²) in [6.45, 7) is 9.28. The number of carbonyl (C=O) groups excluding carboxylic acids is 1. The van der Waals surface area contributed by atoms with Crippen molar-refractivity contribution in [2.75, 3.05) is 0 Å². The molecular weight excluding hydrogens is 152 g/mol. The summed E-state index contributed by atoms with van der Waals surface area (Å²) in [5.41, 5.74) is -0.257. The van der Waals surface area contributed by atoms with Gasteiger partial charge in [0.1, 0.15) is 6.61 Å². The molecule has 0 fully saturated rings. The van der Waals surface area contributed by atoms with Crippen molar-refractivity contribution in [2.45, 2.75) is 47.0 Å². The van der Waals surface area contributed by atoms with Gasteiger partial charge in [0.25, 0.3) is 0 Å². The van der Waals surface area contributed by atoms with Gasteiger partial charge in [0.05, 0.1) is 5.41 Å². The second-order valence-corrected chi connectivity index (χ2v) is 2.98. The van der Waals surface area contributed by atoms with E-state index in [9.17, 15) is 4.79 Å². The van der Waals surface area contributed by atoms with Crippen LogP contribution in [0.25, 0.3) is 0 Å². The Morgan fingerprint density at radius 3 is 1.92 bits per heavy atom. The van der Waals surface area contributed by atoms with Gasteiger partial charge in [-0.15, -0.1) is 0 Å². The van der Waals surface area contributed by atoms with Gasteiger partial charge in [0.15, 0.2) is 0 Å². The molecule has 2 heteroatoms. The molecule has 12 heavy (non-hydrogen) atoms. The smallest absolute Gasteiger partial charge is 0.312 e. The van der Waals surface area contributed by atoms with Crippen LogP contribution < -0.4 is 0 Å². The van der Waals surface area contributed by atoms with Gasteiger partial charge in [-0.2, -0.15) is 0 Å². The van der Waals surface area contributed by atoms with Gasteiger partial charge < -0.3 is 4.74 Å². The minimum atomic E-state index is -0.257. The van der Waals surface area contributed by atoms with Gasteiger partial charge >= 0.3 is 5.97 Å². The molecule has 71 valence electrons. The van der Waals surface area contributed by atoms with E-state index in [0.29, 0.717) is 0 Å². The third kappa shape index (κ3) is 2.23. The second-order valence-electron chi connectivity index (χ2n) is 2.98. The van der Waals surface area contributed by atoms with Crippen molar-refractivity contribution in [3.05, 3.63) is 6.61 Å². The highest BCUT2D eigenvalue weighted by Gasteiger charge is 2.34. The van der Waals surface area contributed by atoms with Crippen LogP contribution in [0.5, 0.6) is 0 Å². The first-order valence-electron chi connectivity index (χ1n) is 4.65. The molecule has 1 radical (unpaired) electrons. The average molecular weight is 171 g/mol. The van der Waals surface area contributed by atoms with E-state index in [0.717, 1.165) is 19.3 Å². The summed E-state index contributed by atoms with van der Waals surface area (Å²) >= 11 is 0. The molecule has 0 aromatic carbocycles. The van der Waals surface area contributed by atoms with E-state index in [1.807, 2.05) is 20.8 Å². The fourth-order valence-corrected chi connectivity index (χ4v) is 1.42. The van der Waals surface area contributed by atoms with Crippen LogP contribution in [0.15, 0.2) is 0 Å². The molecule has 0 aromatic rings. The predicted octanol–water partition coefficient (Wildman–Crippen LogP) is 2.93. The minimum absolute atomic E-state index is 0.0856. The van der Waals surface area contributed by atoms with E-state index in [4.69, 9.17) is 4.74 Å². The highest BCUT2D eigenvalue weighted by atomic mass is 16.5. The first kappa shape index (κ1) is 11.5. The Hall–Kier alpha value is -0.530. The van der Waals surface area contributed by atoms with Crippen molar-refractivity contribution in [1.82, 2.24) is 0 Å². The number of carbonyl (C=O) groups is 1. The Balaban J connectivity index is 4.36. The average Bonchev–Trinajstić information content (AvgIpc) is 2.09. The Kier molecular flexibility index (Phi) is 4.95. The van der Waals surface area contributed by atoms with Gasteiger partial charge in [0, 0.05) is 0 Å². The van der Waals surface area contributed by atoms with Crippen LogP contribution in [0.3, 0.4) is 0 Å². The first-order chi connectivity index (χ1) is 5.66. The monoisotopic (exact) mass is 171 g/mol. The molecule has 0 rings (SSSR count). The lowest BCUT2D eigenvalue weighted by Gasteiger charge is -2.27. The molecule has 0 saturated carbocycles. The van der Waals surface area contributed by atoms with Crippen LogP contribution in [0, 0.1) is 12.0 Å². The summed E-state index contributed by atoms with van der Waals surface area (Å²) in [7, 11) is 0. The van der Waals surface area contributed by atoms with Crippen LogP contribution >= 0.6 is 0 Å². The maximum atomic E-state index is 11.5. The standard InChI is InChI=1S/C10H19O2/c1-5-10(6-2,7-3)9(11)12-8-4/h8H,5-7H2,1-4H3. The van der Waals surface area contributed by atoms with E-state index in [-0.39, 0.29) is 11.4 Å². The zero-order valence-corrected chi connectivity index (χ0v) is 8.52. The topological polar surface area (TPSA) is 26.3 Å². The molecule has 0 aliphatic rings. The van der Waals surface area contributed by atoms with E-state index in [1.165, 1.54) is 6.61 Å². The third-order valence-electron chi connectivity index (χ3n) is 2.69. The summed E-state index contributed by atoms with van der Waals surface area (Å²) in [4.78, 5) is 11.5. The Bertz CT molecular complexity index is 129. The first-order valence-corrected chi connectivity index (χ1v) is 4.65. The minimum Gasteiger partial charge on any atom is -0.458 e. The summed E-state index contributed by atoms with van der Waals surface area (Å²) < 4.78 is 4.92. The zero-order chi connectivity index (χ0) is 9.61. The van der Waals surface area contributed by atoms with Crippen LogP contribution in [-0.2, 0) is 9.53 Å². The molecule has 0 aliphatic heterocycles. The maximum absolute atomic E-state index is 11.5. The van der Waals surface area contributed by atoms with Crippen molar-refractivity contribution in [1.29, 1.82) is 0 Å². The summed E-state index contributed by atoms with van der Waals surface area (Å²) in [6, 6.07) is 0. The SMILES string of the molecule is C[CH]OC(=O)C(CC)(CC)CC. The second kappa shape index (κ2) is 5.18. The van der Waals surface area contributed by atoms with Gasteiger partial charge in [-0.25, -0.2) is 0 Å². The molecule has 0 heterocycles. The lowest BCUT2D eigenvalue weighted by Crippen LogP contribution is -2.30. The van der Waals surface area contributed by atoms with Crippen molar-refractivity contribution in [3.8, 4) is 0 Å². The van der Waals surface area contributed by atoms with Crippen molar-refractivity contribution < 1.29 is 9.53 Å².